The van der Waals surface area contributed by atoms with E-state index in [1.807, 2.05) is 0 Å². The van der Waals surface area contributed by atoms with Crippen LogP contribution in [0.4, 0.5) is 17.1 Å². The zero-order valence-electron chi connectivity index (χ0n) is 37.9. The van der Waals surface area contributed by atoms with Gasteiger partial charge >= 0.3 is 0 Å². The van der Waals surface area contributed by atoms with E-state index in [1.54, 1.807) is 0 Å². The van der Waals surface area contributed by atoms with E-state index in [9.17, 15) is 0 Å². The summed E-state index contributed by atoms with van der Waals surface area (Å²) in [5, 5.41) is 12.5. The Labute approximate surface area is 402 Å². The molecule has 1 heteroatoms. The number of nitrogens with zero attached hydrogens (tertiary/aromatic N) is 1. The van der Waals surface area contributed by atoms with Crippen molar-refractivity contribution < 1.29 is 0 Å². The second-order valence-corrected chi connectivity index (χ2v) is 18.1. The number of benzene rings is 13. The van der Waals surface area contributed by atoms with Crippen molar-refractivity contribution in [2.24, 2.45) is 0 Å². The molecule has 0 aliphatic carbocycles. The summed E-state index contributed by atoms with van der Waals surface area (Å²) in [5.41, 5.74) is 15.3. The molecule has 322 valence electrons. The van der Waals surface area contributed by atoms with Gasteiger partial charge in [0.25, 0.3) is 0 Å². The first-order valence-electron chi connectivity index (χ1n) is 23.8. The Bertz CT molecular complexity index is 4040. The Balaban J connectivity index is 0.932. The van der Waals surface area contributed by atoms with Crippen molar-refractivity contribution in [1.82, 2.24) is 0 Å². The maximum absolute atomic E-state index is 2.42. The van der Waals surface area contributed by atoms with Crippen LogP contribution in [0.15, 0.2) is 273 Å². The van der Waals surface area contributed by atoms with Crippen molar-refractivity contribution >= 4 is 70.9 Å². The van der Waals surface area contributed by atoms with Crippen LogP contribution < -0.4 is 4.90 Å². The van der Waals surface area contributed by atoms with Gasteiger partial charge in [-0.25, -0.2) is 0 Å². The third-order valence-corrected chi connectivity index (χ3v) is 14.0. The van der Waals surface area contributed by atoms with Crippen LogP contribution in [0, 0.1) is 0 Å². The molecule has 1 nitrogen and oxygen atoms in total. The second-order valence-electron chi connectivity index (χ2n) is 18.1. The number of hydrogen-bond donors (Lipinski definition) is 0. The van der Waals surface area contributed by atoms with Crippen LogP contribution in [0.5, 0.6) is 0 Å². The molecule has 0 unspecified atom stereocenters. The molecule has 0 heterocycles. The first kappa shape index (κ1) is 40.3. The molecule has 0 aromatic heterocycles. The molecule has 0 N–H and O–H groups in total. The van der Waals surface area contributed by atoms with Crippen molar-refractivity contribution in [3.63, 3.8) is 0 Å². The lowest BCUT2D eigenvalue weighted by molar-refractivity contribution is 1.29. The largest absolute Gasteiger partial charge is 0.310 e. The van der Waals surface area contributed by atoms with Crippen molar-refractivity contribution in [1.29, 1.82) is 0 Å². The molecule has 0 spiro atoms. The average molecular weight is 876 g/mol. The molecular weight excluding hydrogens is 831 g/mol. The Kier molecular flexibility index (Phi) is 9.91. The zero-order valence-corrected chi connectivity index (χ0v) is 37.9. The molecule has 13 aromatic rings. The van der Waals surface area contributed by atoms with Gasteiger partial charge in [-0.1, -0.05) is 224 Å². The van der Waals surface area contributed by atoms with Gasteiger partial charge in [-0.2, -0.15) is 0 Å². The van der Waals surface area contributed by atoms with Gasteiger partial charge in [0.1, 0.15) is 0 Å². The summed E-state index contributed by atoms with van der Waals surface area (Å²) in [6, 6.07) is 100. The normalized spacial score (nSPS) is 11.5. The van der Waals surface area contributed by atoms with E-state index in [-0.39, 0.29) is 0 Å². The minimum Gasteiger partial charge on any atom is -0.310 e. The minimum absolute atomic E-state index is 1.09. The Morgan fingerprint density at radius 2 is 0.609 bits per heavy atom. The lowest BCUT2D eigenvalue weighted by Gasteiger charge is -2.27. The highest BCUT2D eigenvalue weighted by Gasteiger charge is 2.20. The molecule has 0 radical (unpaired) electrons. The maximum atomic E-state index is 2.42. The topological polar surface area (TPSA) is 3.24 Å². The third-order valence-electron chi connectivity index (χ3n) is 14.0. The second kappa shape index (κ2) is 17.0. The monoisotopic (exact) mass is 875 g/mol. The van der Waals surface area contributed by atoms with Crippen LogP contribution in [0.3, 0.4) is 0 Å². The molecule has 0 fully saturated rings. The third kappa shape index (κ3) is 7.29. The predicted octanol–water partition coefficient (Wildman–Crippen LogP) is 19.3. The highest BCUT2D eigenvalue weighted by Crippen LogP contribution is 2.46. The van der Waals surface area contributed by atoms with Gasteiger partial charge in [-0.05, 0) is 158 Å². The molecule has 13 rings (SSSR count). The van der Waals surface area contributed by atoms with E-state index in [2.05, 4.69) is 278 Å². The summed E-state index contributed by atoms with van der Waals surface area (Å²) in [4.78, 5) is 2.40. The van der Waals surface area contributed by atoms with Gasteiger partial charge in [0.2, 0.25) is 0 Å². The molecule has 0 aliphatic heterocycles. The SMILES string of the molecule is c1ccc(-c2c(-c3ccccc3)c3cc(-c4cccc(N(c5ccc(-c6ccc(-c7ccc8ccccc8c7)cc6)cc5)c5ccc6c(ccc7ccccc76)c5)c4)ccc3c3ccccc23)cc1. The van der Waals surface area contributed by atoms with Crippen molar-refractivity contribution in [2.45, 2.75) is 0 Å². The van der Waals surface area contributed by atoms with Gasteiger partial charge in [-0.3, -0.25) is 0 Å². The van der Waals surface area contributed by atoms with Gasteiger partial charge in [0.15, 0.2) is 0 Å². The fraction of sp³-hybridized carbons (Fsp3) is 0. The summed E-state index contributed by atoms with van der Waals surface area (Å²) >= 11 is 0. The first-order valence-corrected chi connectivity index (χ1v) is 23.8. The van der Waals surface area contributed by atoms with E-state index in [1.165, 1.54) is 104 Å². The standard InChI is InChI=1S/C68H45N/c1-3-16-51(17-4-1)67-65-25-12-11-24-63(65)64-40-36-56(45-66(64)68(67)52-18-5-2-6-19-52)54-21-13-22-59(43-54)69(60-39-41-62-57(44-60)33-31-50-15-9-10-23-61(50)62)58-37-34-48(35-38-58)47-26-28-49(29-27-47)55-32-30-46-14-7-8-20-53(46)42-55/h1-45H. The number of fused-ring (bicyclic) bond motifs is 7. The Morgan fingerprint density at radius 3 is 1.35 bits per heavy atom. The lowest BCUT2D eigenvalue weighted by Crippen LogP contribution is -2.10. The average Bonchev–Trinajstić information content (AvgIpc) is 3.43. The Hall–Kier alpha value is -9.04. The van der Waals surface area contributed by atoms with Crippen LogP contribution >= 0.6 is 0 Å². The van der Waals surface area contributed by atoms with Gasteiger partial charge in [0.05, 0.1) is 0 Å². The van der Waals surface area contributed by atoms with Gasteiger partial charge in [-0.15, -0.1) is 0 Å². The highest BCUT2D eigenvalue weighted by atomic mass is 15.1. The van der Waals surface area contributed by atoms with Crippen LogP contribution in [-0.2, 0) is 0 Å². The molecule has 69 heavy (non-hydrogen) atoms. The molecule has 0 aliphatic rings. The predicted molar refractivity (Wildman–Crippen MR) is 296 cm³/mol. The van der Waals surface area contributed by atoms with E-state index < -0.39 is 0 Å². The van der Waals surface area contributed by atoms with Crippen molar-refractivity contribution in [3.05, 3.63) is 273 Å². The first-order chi connectivity index (χ1) is 34.2. The smallest absolute Gasteiger partial charge is 0.0468 e. The van der Waals surface area contributed by atoms with Crippen molar-refractivity contribution in [3.8, 4) is 55.6 Å². The molecule has 0 bridgehead atoms. The molecule has 0 saturated heterocycles. The lowest BCUT2D eigenvalue weighted by atomic mass is 9.84. The fourth-order valence-electron chi connectivity index (χ4n) is 10.6. The fourth-order valence-corrected chi connectivity index (χ4v) is 10.6. The number of rotatable bonds is 8. The Morgan fingerprint density at radius 1 is 0.174 bits per heavy atom. The number of hydrogen-bond acceptors (Lipinski definition) is 1. The van der Waals surface area contributed by atoms with Crippen LogP contribution in [0.1, 0.15) is 0 Å². The summed E-state index contributed by atoms with van der Waals surface area (Å²) in [6.07, 6.45) is 0. The summed E-state index contributed by atoms with van der Waals surface area (Å²) < 4.78 is 0. The minimum atomic E-state index is 1.09. The van der Waals surface area contributed by atoms with Gasteiger partial charge in [0, 0.05) is 17.1 Å². The van der Waals surface area contributed by atoms with E-state index in [0.29, 0.717) is 0 Å². The zero-order chi connectivity index (χ0) is 45.7. The molecule has 0 atom stereocenters. The molecule has 0 amide bonds. The summed E-state index contributed by atoms with van der Waals surface area (Å²) in [7, 11) is 0. The quantitative estimate of drug-likeness (QED) is 0.138. The molecule has 0 saturated carbocycles. The van der Waals surface area contributed by atoms with E-state index in [4.69, 9.17) is 0 Å². The molecule has 13 aromatic carbocycles. The van der Waals surface area contributed by atoms with Crippen LogP contribution in [0.25, 0.3) is 109 Å². The van der Waals surface area contributed by atoms with Crippen molar-refractivity contribution in [2.75, 3.05) is 4.90 Å². The molecular formula is C68H45N. The van der Waals surface area contributed by atoms with E-state index >= 15 is 0 Å². The van der Waals surface area contributed by atoms with Crippen LogP contribution in [0.2, 0.25) is 0 Å². The summed E-state index contributed by atoms with van der Waals surface area (Å²) in [5.74, 6) is 0. The number of anilines is 3. The van der Waals surface area contributed by atoms with E-state index in [0.717, 1.165) is 22.6 Å². The van der Waals surface area contributed by atoms with Gasteiger partial charge < -0.3 is 4.90 Å². The summed E-state index contributed by atoms with van der Waals surface area (Å²) in [6.45, 7) is 0. The highest BCUT2D eigenvalue weighted by molar-refractivity contribution is 6.22. The van der Waals surface area contributed by atoms with Crippen LogP contribution in [-0.4, -0.2) is 0 Å². The maximum Gasteiger partial charge on any atom is 0.0468 e.